The second-order valence-corrected chi connectivity index (χ2v) is 7.56. The van der Waals surface area contributed by atoms with Crippen molar-refractivity contribution in [2.75, 3.05) is 59.0 Å². The maximum Gasteiger partial charge on any atom is 0.239 e. The van der Waals surface area contributed by atoms with Gasteiger partial charge in [-0.2, -0.15) is 0 Å². The van der Waals surface area contributed by atoms with Crippen LogP contribution in [0.3, 0.4) is 0 Å². The second-order valence-electron chi connectivity index (χ2n) is 7.56. The van der Waals surface area contributed by atoms with Crippen molar-refractivity contribution in [3.63, 3.8) is 0 Å². The van der Waals surface area contributed by atoms with E-state index in [1.54, 1.807) is 0 Å². The van der Waals surface area contributed by atoms with Crippen molar-refractivity contribution in [3.05, 3.63) is 0 Å². The van der Waals surface area contributed by atoms with Gasteiger partial charge in [0, 0.05) is 52.4 Å². The summed E-state index contributed by atoms with van der Waals surface area (Å²) in [7, 11) is 0. The molecule has 1 N–H and O–H groups in total. The standard InChI is InChI=1S/C19H35N5O2.HI/c1-3-20-19(21-15-17-7-6-14-26-17)24-12-10-22(11-13-24)16(2)18(25)23-8-4-5-9-23;/h16-17H,3-15H2,1-2H3,(H,20,21);1H. The Bertz CT molecular complexity index is 484. The molecule has 3 heterocycles. The Labute approximate surface area is 180 Å². The SMILES string of the molecule is CCNC(=NCC1CCCO1)N1CCN(C(C)C(=O)N2CCCC2)CC1.I. The van der Waals surface area contributed by atoms with E-state index < -0.39 is 0 Å². The summed E-state index contributed by atoms with van der Waals surface area (Å²) < 4.78 is 5.69. The number of piperazine rings is 1. The molecule has 2 atom stereocenters. The first-order valence-corrected chi connectivity index (χ1v) is 10.4. The summed E-state index contributed by atoms with van der Waals surface area (Å²) in [4.78, 5) is 24.1. The van der Waals surface area contributed by atoms with Gasteiger partial charge >= 0.3 is 0 Å². The number of halogens is 1. The van der Waals surface area contributed by atoms with Crippen LogP contribution >= 0.6 is 24.0 Å². The molecule has 0 saturated carbocycles. The van der Waals surface area contributed by atoms with Gasteiger partial charge < -0.3 is 19.9 Å². The monoisotopic (exact) mass is 493 g/mol. The number of nitrogens with zero attached hydrogens (tertiary/aromatic N) is 4. The summed E-state index contributed by atoms with van der Waals surface area (Å²) >= 11 is 0. The molecular weight excluding hydrogens is 457 g/mol. The topological polar surface area (TPSA) is 60.4 Å². The Morgan fingerprint density at radius 1 is 1.11 bits per heavy atom. The van der Waals surface area contributed by atoms with Crippen molar-refractivity contribution in [1.29, 1.82) is 0 Å². The first-order chi connectivity index (χ1) is 12.7. The number of aliphatic imine (C=N–C) groups is 1. The van der Waals surface area contributed by atoms with E-state index in [1.807, 2.05) is 4.90 Å². The summed E-state index contributed by atoms with van der Waals surface area (Å²) in [5.74, 6) is 1.29. The molecule has 3 aliphatic rings. The molecule has 0 bridgehead atoms. The molecular formula is C19H36IN5O2. The zero-order valence-corrected chi connectivity index (χ0v) is 19.2. The third-order valence-electron chi connectivity index (χ3n) is 5.74. The molecule has 3 saturated heterocycles. The van der Waals surface area contributed by atoms with Crippen LogP contribution in [-0.4, -0.2) is 97.7 Å². The number of rotatable bonds is 5. The number of ether oxygens (including phenoxy) is 1. The lowest BCUT2D eigenvalue weighted by Gasteiger charge is -2.39. The van der Waals surface area contributed by atoms with Crippen molar-refractivity contribution in [3.8, 4) is 0 Å². The number of carbonyl (C=O) groups excluding carboxylic acids is 1. The van der Waals surface area contributed by atoms with E-state index in [0.717, 1.165) is 90.6 Å². The molecule has 0 spiro atoms. The van der Waals surface area contributed by atoms with Gasteiger partial charge in [-0.1, -0.05) is 0 Å². The largest absolute Gasteiger partial charge is 0.376 e. The van der Waals surface area contributed by atoms with E-state index in [-0.39, 0.29) is 36.1 Å². The lowest BCUT2D eigenvalue weighted by atomic mass is 10.2. The third kappa shape index (κ3) is 6.19. The Morgan fingerprint density at radius 2 is 1.81 bits per heavy atom. The lowest BCUT2D eigenvalue weighted by Crippen LogP contribution is -2.57. The fourth-order valence-corrected chi connectivity index (χ4v) is 4.08. The zero-order valence-electron chi connectivity index (χ0n) is 16.9. The first-order valence-electron chi connectivity index (χ1n) is 10.4. The maximum atomic E-state index is 12.6. The molecule has 0 aromatic heterocycles. The molecule has 156 valence electrons. The predicted molar refractivity (Wildman–Crippen MR) is 119 cm³/mol. The lowest BCUT2D eigenvalue weighted by molar-refractivity contribution is -0.135. The molecule has 3 aliphatic heterocycles. The van der Waals surface area contributed by atoms with Gasteiger partial charge in [0.15, 0.2) is 5.96 Å². The van der Waals surface area contributed by atoms with Crippen LogP contribution in [0.2, 0.25) is 0 Å². The highest BCUT2D eigenvalue weighted by molar-refractivity contribution is 14.0. The van der Waals surface area contributed by atoms with Gasteiger partial charge in [-0.15, -0.1) is 24.0 Å². The normalized spacial score (nSPS) is 25.4. The van der Waals surface area contributed by atoms with Crippen LogP contribution in [0.4, 0.5) is 0 Å². The molecule has 8 heteroatoms. The third-order valence-corrected chi connectivity index (χ3v) is 5.74. The summed E-state index contributed by atoms with van der Waals surface area (Å²) in [6.07, 6.45) is 4.85. The van der Waals surface area contributed by atoms with Crippen molar-refractivity contribution in [1.82, 2.24) is 20.0 Å². The quantitative estimate of drug-likeness (QED) is 0.356. The van der Waals surface area contributed by atoms with E-state index in [2.05, 4.69) is 29.0 Å². The van der Waals surface area contributed by atoms with Crippen LogP contribution in [0.5, 0.6) is 0 Å². The molecule has 3 rings (SSSR count). The minimum absolute atomic E-state index is 0. The average molecular weight is 493 g/mol. The summed E-state index contributed by atoms with van der Waals surface area (Å²) in [6.45, 7) is 12.2. The smallest absolute Gasteiger partial charge is 0.239 e. The number of carbonyl (C=O) groups is 1. The molecule has 0 aromatic rings. The average Bonchev–Trinajstić information content (AvgIpc) is 3.38. The van der Waals surface area contributed by atoms with E-state index >= 15 is 0 Å². The number of likely N-dealkylation sites (tertiary alicyclic amines) is 1. The highest BCUT2D eigenvalue weighted by atomic mass is 127. The van der Waals surface area contributed by atoms with E-state index in [4.69, 9.17) is 9.73 Å². The van der Waals surface area contributed by atoms with Gasteiger partial charge in [-0.05, 0) is 39.5 Å². The highest BCUT2D eigenvalue weighted by Crippen LogP contribution is 2.15. The molecule has 0 aliphatic carbocycles. The summed E-state index contributed by atoms with van der Waals surface area (Å²) in [5, 5.41) is 3.41. The van der Waals surface area contributed by atoms with Crippen molar-refractivity contribution < 1.29 is 9.53 Å². The predicted octanol–water partition coefficient (Wildman–Crippen LogP) is 1.38. The number of amides is 1. The van der Waals surface area contributed by atoms with Gasteiger partial charge in [0.2, 0.25) is 5.91 Å². The van der Waals surface area contributed by atoms with Crippen LogP contribution < -0.4 is 5.32 Å². The van der Waals surface area contributed by atoms with E-state index in [0.29, 0.717) is 5.91 Å². The molecule has 3 fully saturated rings. The number of hydrogen-bond acceptors (Lipinski definition) is 4. The minimum Gasteiger partial charge on any atom is -0.376 e. The van der Waals surface area contributed by atoms with E-state index in [9.17, 15) is 4.79 Å². The first kappa shape index (κ1) is 22.7. The molecule has 2 unspecified atom stereocenters. The number of guanidine groups is 1. The number of nitrogens with one attached hydrogen (secondary N) is 1. The molecule has 0 radical (unpaired) electrons. The van der Waals surface area contributed by atoms with Crippen molar-refractivity contribution >= 4 is 35.8 Å². The molecule has 7 nitrogen and oxygen atoms in total. The van der Waals surface area contributed by atoms with Gasteiger partial charge in [0.25, 0.3) is 0 Å². The van der Waals surface area contributed by atoms with Crippen molar-refractivity contribution in [2.24, 2.45) is 4.99 Å². The van der Waals surface area contributed by atoms with Gasteiger partial charge in [-0.3, -0.25) is 14.7 Å². The molecule has 1 amide bonds. The van der Waals surface area contributed by atoms with Crippen molar-refractivity contribution in [2.45, 2.75) is 51.7 Å². The molecule has 0 aromatic carbocycles. The van der Waals surface area contributed by atoms with Crippen LogP contribution in [0.25, 0.3) is 0 Å². The fourth-order valence-electron chi connectivity index (χ4n) is 4.08. The zero-order chi connectivity index (χ0) is 18.4. The Kier molecular flexibility index (Phi) is 9.58. The van der Waals surface area contributed by atoms with Crippen LogP contribution in [0.1, 0.15) is 39.5 Å². The van der Waals surface area contributed by atoms with Crippen LogP contribution in [0.15, 0.2) is 4.99 Å². The number of hydrogen-bond donors (Lipinski definition) is 1. The fraction of sp³-hybridized carbons (Fsp3) is 0.895. The van der Waals surface area contributed by atoms with Crippen LogP contribution in [0, 0.1) is 0 Å². The van der Waals surface area contributed by atoms with Gasteiger partial charge in [0.1, 0.15) is 0 Å². The van der Waals surface area contributed by atoms with E-state index in [1.165, 1.54) is 0 Å². The Hall–Kier alpha value is -0.610. The molecule has 27 heavy (non-hydrogen) atoms. The summed E-state index contributed by atoms with van der Waals surface area (Å²) in [6, 6.07) is -0.0124. The Balaban J connectivity index is 0.00000261. The van der Waals surface area contributed by atoms with Gasteiger partial charge in [-0.25, -0.2) is 0 Å². The maximum absolute atomic E-state index is 12.6. The van der Waals surface area contributed by atoms with Crippen LogP contribution in [-0.2, 0) is 9.53 Å². The van der Waals surface area contributed by atoms with Gasteiger partial charge in [0.05, 0.1) is 18.7 Å². The Morgan fingerprint density at radius 3 is 2.41 bits per heavy atom. The highest BCUT2D eigenvalue weighted by Gasteiger charge is 2.30. The second kappa shape index (κ2) is 11.4. The minimum atomic E-state index is -0.0124. The summed E-state index contributed by atoms with van der Waals surface area (Å²) in [5.41, 5.74) is 0.